The molecular weight excluding hydrogens is 228 g/mol. The van der Waals surface area contributed by atoms with Crippen molar-refractivity contribution in [3.8, 4) is 0 Å². The van der Waals surface area contributed by atoms with E-state index >= 15 is 0 Å². The largest absolute Gasteiger partial charge is 0.313 e. The van der Waals surface area contributed by atoms with E-state index in [1.165, 1.54) is 44.5 Å². The maximum Gasteiger partial charge on any atom is 0.0172 e. The SMILES string of the molecule is CC1CN(C)C(C)CC1NCC1CCCCS1. The van der Waals surface area contributed by atoms with Crippen molar-refractivity contribution in [2.45, 2.75) is 56.9 Å². The molecular formula is C14H28N2S. The van der Waals surface area contributed by atoms with Gasteiger partial charge in [-0.15, -0.1) is 0 Å². The average Bonchev–Trinajstić information content (AvgIpc) is 2.33. The van der Waals surface area contributed by atoms with Gasteiger partial charge in [0.2, 0.25) is 0 Å². The highest BCUT2D eigenvalue weighted by atomic mass is 32.2. The van der Waals surface area contributed by atoms with Crippen LogP contribution in [0.25, 0.3) is 0 Å². The van der Waals surface area contributed by atoms with E-state index in [9.17, 15) is 0 Å². The molecule has 0 bridgehead atoms. The van der Waals surface area contributed by atoms with Crippen molar-refractivity contribution in [2.75, 3.05) is 25.9 Å². The summed E-state index contributed by atoms with van der Waals surface area (Å²) in [5.74, 6) is 2.18. The quantitative estimate of drug-likeness (QED) is 0.835. The molecule has 0 radical (unpaired) electrons. The van der Waals surface area contributed by atoms with E-state index in [1.54, 1.807) is 0 Å². The molecule has 17 heavy (non-hydrogen) atoms. The summed E-state index contributed by atoms with van der Waals surface area (Å²) in [7, 11) is 2.26. The lowest BCUT2D eigenvalue weighted by Gasteiger charge is -2.40. The van der Waals surface area contributed by atoms with Crippen molar-refractivity contribution < 1.29 is 0 Å². The van der Waals surface area contributed by atoms with Gasteiger partial charge in [-0.2, -0.15) is 11.8 Å². The van der Waals surface area contributed by atoms with Crippen molar-refractivity contribution in [3.63, 3.8) is 0 Å². The van der Waals surface area contributed by atoms with Gasteiger partial charge >= 0.3 is 0 Å². The van der Waals surface area contributed by atoms with Crippen LogP contribution in [0, 0.1) is 5.92 Å². The molecule has 2 aliphatic heterocycles. The molecule has 2 nitrogen and oxygen atoms in total. The number of nitrogens with zero attached hydrogens (tertiary/aromatic N) is 1. The molecule has 1 N–H and O–H groups in total. The average molecular weight is 256 g/mol. The highest BCUT2D eigenvalue weighted by Gasteiger charge is 2.29. The number of nitrogens with one attached hydrogen (secondary N) is 1. The molecule has 0 aromatic carbocycles. The second-order valence-corrected chi connectivity index (χ2v) is 7.41. The van der Waals surface area contributed by atoms with Crippen molar-refractivity contribution in [1.29, 1.82) is 0 Å². The van der Waals surface area contributed by atoms with Crippen LogP contribution in [0.5, 0.6) is 0 Å². The van der Waals surface area contributed by atoms with Crippen LogP contribution in [0.15, 0.2) is 0 Å². The van der Waals surface area contributed by atoms with Gasteiger partial charge in [-0.05, 0) is 44.9 Å². The summed E-state index contributed by atoms with van der Waals surface area (Å²) < 4.78 is 0. The third-order valence-electron chi connectivity index (χ3n) is 4.49. The molecule has 0 aromatic rings. The molecule has 4 unspecified atom stereocenters. The molecule has 0 amide bonds. The fourth-order valence-electron chi connectivity index (χ4n) is 3.08. The van der Waals surface area contributed by atoms with Gasteiger partial charge in [0.1, 0.15) is 0 Å². The zero-order valence-electron chi connectivity index (χ0n) is 11.6. The molecule has 2 aliphatic rings. The van der Waals surface area contributed by atoms with Crippen LogP contribution in [-0.2, 0) is 0 Å². The number of hydrogen-bond acceptors (Lipinski definition) is 3. The first kappa shape index (κ1) is 13.7. The predicted octanol–water partition coefficient (Wildman–Crippen LogP) is 2.59. The van der Waals surface area contributed by atoms with E-state index in [2.05, 4.69) is 42.9 Å². The van der Waals surface area contributed by atoms with Gasteiger partial charge in [-0.3, -0.25) is 0 Å². The van der Waals surface area contributed by atoms with Crippen LogP contribution < -0.4 is 5.32 Å². The van der Waals surface area contributed by atoms with E-state index in [0.29, 0.717) is 0 Å². The van der Waals surface area contributed by atoms with Gasteiger partial charge in [0.25, 0.3) is 0 Å². The number of thioether (sulfide) groups is 1. The second kappa shape index (κ2) is 6.44. The molecule has 2 fully saturated rings. The summed E-state index contributed by atoms with van der Waals surface area (Å²) in [6, 6.07) is 1.48. The Morgan fingerprint density at radius 3 is 2.82 bits per heavy atom. The first-order valence-electron chi connectivity index (χ1n) is 7.22. The topological polar surface area (TPSA) is 15.3 Å². The molecule has 2 rings (SSSR count). The standard InChI is InChI=1S/C14H28N2S/c1-11-10-16(3)12(2)8-14(11)15-9-13-6-4-5-7-17-13/h11-15H,4-10H2,1-3H3. The monoisotopic (exact) mass is 256 g/mol. The van der Waals surface area contributed by atoms with Crippen molar-refractivity contribution in [1.82, 2.24) is 10.2 Å². The van der Waals surface area contributed by atoms with Crippen LogP contribution in [0.2, 0.25) is 0 Å². The Morgan fingerprint density at radius 1 is 1.29 bits per heavy atom. The minimum absolute atomic E-state index is 0.739. The van der Waals surface area contributed by atoms with Gasteiger partial charge in [0.05, 0.1) is 0 Å². The van der Waals surface area contributed by atoms with E-state index < -0.39 is 0 Å². The lowest BCUT2D eigenvalue weighted by atomic mass is 9.90. The maximum atomic E-state index is 3.84. The van der Waals surface area contributed by atoms with E-state index in [0.717, 1.165) is 23.3 Å². The first-order valence-corrected chi connectivity index (χ1v) is 8.27. The molecule has 0 aliphatic carbocycles. The van der Waals surface area contributed by atoms with E-state index in [-0.39, 0.29) is 0 Å². The number of likely N-dealkylation sites (tertiary alicyclic amines) is 1. The summed E-state index contributed by atoms with van der Waals surface area (Å²) in [4.78, 5) is 2.50. The fraction of sp³-hybridized carbons (Fsp3) is 1.00. The van der Waals surface area contributed by atoms with Crippen molar-refractivity contribution >= 4 is 11.8 Å². The molecule has 0 spiro atoms. The van der Waals surface area contributed by atoms with Gasteiger partial charge in [0, 0.05) is 30.4 Å². The minimum atomic E-state index is 0.739. The summed E-state index contributed by atoms with van der Waals surface area (Å²) in [6.07, 6.45) is 5.62. The summed E-state index contributed by atoms with van der Waals surface area (Å²) in [6.45, 7) is 7.23. The van der Waals surface area contributed by atoms with Gasteiger partial charge in [-0.25, -0.2) is 0 Å². The smallest absolute Gasteiger partial charge is 0.0172 e. The normalized spacial score (nSPS) is 40.4. The van der Waals surface area contributed by atoms with Crippen LogP contribution in [0.1, 0.15) is 39.5 Å². The van der Waals surface area contributed by atoms with Gasteiger partial charge < -0.3 is 10.2 Å². The van der Waals surface area contributed by atoms with Crippen molar-refractivity contribution in [2.24, 2.45) is 5.92 Å². The Labute approximate surface area is 111 Å². The summed E-state index contributed by atoms with van der Waals surface area (Å²) in [5, 5.41) is 4.73. The Balaban J connectivity index is 1.74. The predicted molar refractivity (Wildman–Crippen MR) is 77.8 cm³/mol. The Morgan fingerprint density at radius 2 is 2.12 bits per heavy atom. The highest BCUT2D eigenvalue weighted by molar-refractivity contribution is 7.99. The van der Waals surface area contributed by atoms with Crippen LogP contribution in [0.3, 0.4) is 0 Å². The third-order valence-corrected chi connectivity index (χ3v) is 5.89. The Hall–Kier alpha value is 0.270. The third kappa shape index (κ3) is 3.87. The zero-order chi connectivity index (χ0) is 12.3. The van der Waals surface area contributed by atoms with Crippen LogP contribution in [0.4, 0.5) is 0 Å². The van der Waals surface area contributed by atoms with Gasteiger partial charge in [0.15, 0.2) is 0 Å². The lowest BCUT2D eigenvalue weighted by Crippen LogP contribution is -2.52. The van der Waals surface area contributed by atoms with E-state index in [1.807, 2.05) is 0 Å². The first-order chi connectivity index (χ1) is 8.16. The summed E-state index contributed by atoms with van der Waals surface area (Å²) >= 11 is 2.18. The number of hydrogen-bond donors (Lipinski definition) is 1. The van der Waals surface area contributed by atoms with Crippen LogP contribution in [-0.4, -0.2) is 48.1 Å². The zero-order valence-corrected chi connectivity index (χ0v) is 12.4. The molecule has 3 heteroatoms. The van der Waals surface area contributed by atoms with Gasteiger partial charge in [-0.1, -0.05) is 13.3 Å². The molecule has 4 atom stereocenters. The van der Waals surface area contributed by atoms with Crippen molar-refractivity contribution in [3.05, 3.63) is 0 Å². The maximum absolute atomic E-state index is 3.84. The lowest BCUT2D eigenvalue weighted by molar-refractivity contribution is 0.122. The Kier molecular flexibility index (Phi) is 5.19. The minimum Gasteiger partial charge on any atom is -0.313 e. The highest BCUT2D eigenvalue weighted by Crippen LogP contribution is 2.26. The molecule has 0 saturated carbocycles. The Bertz CT molecular complexity index is 228. The number of piperidine rings is 1. The number of rotatable bonds is 3. The molecule has 100 valence electrons. The van der Waals surface area contributed by atoms with Crippen LogP contribution >= 0.6 is 11.8 Å². The molecule has 2 heterocycles. The fourth-order valence-corrected chi connectivity index (χ4v) is 4.33. The molecule has 0 aromatic heterocycles. The second-order valence-electron chi connectivity index (χ2n) is 6.00. The summed E-state index contributed by atoms with van der Waals surface area (Å²) in [5.41, 5.74) is 0. The van der Waals surface area contributed by atoms with E-state index in [4.69, 9.17) is 0 Å². The molecule has 2 saturated heterocycles.